The van der Waals surface area contributed by atoms with E-state index in [1.54, 1.807) is 17.4 Å². The van der Waals surface area contributed by atoms with Crippen LogP contribution >= 0.6 is 0 Å². The Morgan fingerprint density at radius 2 is 2.21 bits per heavy atom. The van der Waals surface area contributed by atoms with Crippen molar-refractivity contribution < 1.29 is 9.59 Å². The molecule has 0 radical (unpaired) electrons. The molecule has 2 heterocycles. The van der Waals surface area contributed by atoms with E-state index in [4.69, 9.17) is 0 Å². The summed E-state index contributed by atoms with van der Waals surface area (Å²) in [6, 6.07) is 7.37. The minimum Gasteiger partial charge on any atom is -0.353 e. The maximum absolute atomic E-state index is 13.1. The number of amides is 2. The predicted molar refractivity (Wildman–Crippen MR) is 112 cm³/mol. The van der Waals surface area contributed by atoms with Crippen molar-refractivity contribution in [3.8, 4) is 5.69 Å². The number of carbonyl (C=O) groups excluding carboxylic acids is 2. The molecular formula is C23H26N4O2. The second kappa shape index (κ2) is 8.07. The van der Waals surface area contributed by atoms with Gasteiger partial charge < -0.3 is 14.8 Å². The normalized spacial score (nSPS) is 23.3. The lowest BCUT2D eigenvalue weighted by molar-refractivity contribution is -0.128. The number of hydrogen-bond acceptors (Lipinski definition) is 3. The monoisotopic (exact) mass is 390 g/mol. The molecule has 2 atom stereocenters. The zero-order chi connectivity index (χ0) is 20.3. The van der Waals surface area contributed by atoms with Crippen molar-refractivity contribution in [2.45, 2.75) is 32.2 Å². The minimum atomic E-state index is -0.450. The van der Waals surface area contributed by atoms with E-state index in [0.29, 0.717) is 18.7 Å². The quantitative estimate of drug-likeness (QED) is 0.798. The van der Waals surface area contributed by atoms with Crippen molar-refractivity contribution in [3.63, 3.8) is 0 Å². The van der Waals surface area contributed by atoms with Gasteiger partial charge >= 0.3 is 0 Å². The first-order chi connectivity index (χ1) is 14.1. The van der Waals surface area contributed by atoms with Gasteiger partial charge in [-0.15, -0.1) is 0 Å². The summed E-state index contributed by atoms with van der Waals surface area (Å²) in [5.74, 6) is -0.0109. The zero-order valence-corrected chi connectivity index (χ0v) is 16.6. The van der Waals surface area contributed by atoms with Gasteiger partial charge in [-0.1, -0.05) is 30.4 Å². The second-order valence-corrected chi connectivity index (χ2v) is 7.90. The Morgan fingerprint density at radius 1 is 1.31 bits per heavy atom. The van der Waals surface area contributed by atoms with Gasteiger partial charge in [-0.25, -0.2) is 4.98 Å². The van der Waals surface area contributed by atoms with Crippen LogP contribution in [0.1, 0.15) is 36.5 Å². The molecule has 2 amide bonds. The number of imidazole rings is 1. The van der Waals surface area contributed by atoms with Gasteiger partial charge in [-0.2, -0.15) is 0 Å². The third-order valence-electron chi connectivity index (χ3n) is 5.76. The largest absolute Gasteiger partial charge is 0.353 e. The highest BCUT2D eigenvalue weighted by molar-refractivity contribution is 5.95. The fraction of sp³-hybridized carbons (Fsp3) is 0.348. The van der Waals surface area contributed by atoms with E-state index < -0.39 is 5.41 Å². The van der Waals surface area contributed by atoms with Crippen LogP contribution in [0.4, 0.5) is 0 Å². The highest BCUT2D eigenvalue weighted by atomic mass is 16.2. The number of nitrogens with zero attached hydrogens (tertiary/aromatic N) is 3. The van der Waals surface area contributed by atoms with E-state index in [-0.39, 0.29) is 17.9 Å². The van der Waals surface area contributed by atoms with Gasteiger partial charge in [0.05, 0.1) is 17.8 Å². The van der Waals surface area contributed by atoms with Gasteiger partial charge in [0, 0.05) is 36.7 Å². The van der Waals surface area contributed by atoms with Crippen molar-refractivity contribution in [3.05, 3.63) is 72.9 Å². The first-order valence-corrected chi connectivity index (χ1v) is 10.1. The Bertz CT molecular complexity index is 948. The van der Waals surface area contributed by atoms with Gasteiger partial charge in [-0.3, -0.25) is 9.59 Å². The van der Waals surface area contributed by atoms with Crippen LogP contribution in [0.25, 0.3) is 5.69 Å². The number of nitrogens with one attached hydrogen (secondary N) is 1. The Morgan fingerprint density at radius 3 is 2.97 bits per heavy atom. The standard InChI is InChI=1S/C23H26N4O2/c1-23(10-3-2-4-11-23)22(29)25-16-20-9-6-13-27(20)21(28)18-7-5-8-19(15-18)26-14-12-24-17-26/h3,5-10,12,14-15,17,20H,2,4,11,13,16H2,1H3,(H,25,29). The van der Waals surface area contributed by atoms with Gasteiger partial charge in [0.1, 0.15) is 0 Å². The lowest BCUT2D eigenvalue weighted by atomic mass is 9.80. The average molecular weight is 390 g/mol. The Labute approximate surface area is 170 Å². The summed E-state index contributed by atoms with van der Waals surface area (Å²) in [7, 11) is 0. The molecule has 1 aromatic carbocycles. The van der Waals surface area contributed by atoms with Crippen molar-refractivity contribution in [2.24, 2.45) is 5.41 Å². The van der Waals surface area contributed by atoms with E-state index in [1.165, 1.54) is 0 Å². The van der Waals surface area contributed by atoms with Crippen LogP contribution in [-0.4, -0.2) is 45.4 Å². The number of allylic oxidation sites excluding steroid dienone is 1. The Balaban J connectivity index is 1.43. The number of carbonyl (C=O) groups is 2. The minimum absolute atomic E-state index is 0.0308. The fourth-order valence-corrected chi connectivity index (χ4v) is 3.96. The van der Waals surface area contributed by atoms with Crippen LogP contribution in [0.3, 0.4) is 0 Å². The Kier molecular flexibility index (Phi) is 5.34. The van der Waals surface area contributed by atoms with E-state index in [2.05, 4.69) is 16.4 Å². The van der Waals surface area contributed by atoms with E-state index in [1.807, 2.05) is 60.2 Å². The number of aromatic nitrogens is 2. The molecule has 1 aliphatic heterocycles. The van der Waals surface area contributed by atoms with Crippen molar-refractivity contribution >= 4 is 11.8 Å². The van der Waals surface area contributed by atoms with Crippen molar-refractivity contribution in [1.82, 2.24) is 19.8 Å². The van der Waals surface area contributed by atoms with Crippen LogP contribution in [0, 0.1) is 5.41 Å². The first kappa shape index (κ1) is 19.2. The SMILES string of the molecule is CC1(C(=O)NCC2C=CCN2C(=O)c2cccc(-n3ccnc3)c2)C=CCCC1. The van der Waals surface area contributed by atoms with Gasteiger partial charge in [0.25, 0.3) is 5.91 Å². The molecule has 0 spiro atoms. The maximum Gasteiger partial charge on any atom is 0.254 e. The highest BCUT2D eigenvalue weighted by Crippen LogP contribution is 2.30. The molecule has 0 bridgehead atoms. The van der Waals surface area contributed by atoms with Gasteiger partial charge in [0.15, 0.2) is 0 Å². The maximum atomic E-state index is 13.1. The molecule has 1 N–H and O–H groups in total. The van der Waals surface area contributed by atoms with Crippen LogP contribution in [0.5, 0.6) is 0 Å². The molecule has 2 aromatic rings. The molecule has 29 heavy (non-hydrogen) atoms. The predicted octanol–water partition coefficient (Wildman–Crippen LogP) is 3.12. The average Bonchev–Trinajstić information content (AvgIpc) is 3.44. The first-order valence-electron chi connectivity index (χ1n) is 10.1. The summed E-state index contributed by atoms with van der Waals surface area (Å²) in [6.45, 7) is 2.95. The molecule has 0 saturated carbocycles. The third kappa shape index (κ3) is 4.01. The molecule has 4 rings (SSSR count). The summed E-state index contributed by atoms with van der Waals surface area (Å²) >= 11 is 0. The van der Waals surface area contributed by atoms with E-state index >= 15 is 0 Å². The summed E-state index contributed by atoms with van der Waals surface area (Å²) < 4.78 is 1.87. The van der Waals surface area contributed by atoms with Crippen LogP contribution in [-0.2, 0) is 4.79 Å². The summed E-state index contributed by atoms with van der Waals surface area (Å²) in [6.07, 6.45) is 16.3. The second-order valence-electron chi connectivity index (χ2n) is 7.90. The molecule has 6 nitrogen and oxygen atoms in total. The third-order valence-corrected chi connectivity index (χ3v) is 5.76. The van der Waals surface area contributed by atoms with E-state index in [0.717, 1.165) is 24.9 Å². The van der Waals surface area contributed by atoms with E-state index in [9.17, 15) is 9.59 Å². The number of rotatable bonds is 5. The molecule has 0 saturated heterocycles. The zero-order valence-electron chi connectivity index (χ0n) is 16.6. The summed E-state index contributed by atoms with van der Waals surface area (Å²) in [5, 5.41) is 3.06. The fourth-order valence-electron chi connectivity index (χ4n) is 3.96. The smallest absolute Gasteiger partial charge is 0.254 e. The lowest BCUT2D eigenvalue weighted by Crippen LogP contribution is -2.47. The molecular weight excluding hydrogens is 364 g/mol. The summed E-state index contributed by atoms with van der Waals surface area (Å²) in [4.78, 5) is 31.7. The molecule has 6 heteroatoms. The highest BCUT2D eigenvalue weighted by Gasteiger charge is 2.33. The molecule has 0 fully saturated rings. The lowest BCUT2D eigenvalue weighted by Gasteiger charge is -2.30. The molecule has 150 valence electrons. The topological polar surface area (TPSA) is 67.2 Å². The summed E-state index contributed by atoms with van der Waals surface area (Å²) in [5.41, 5.74) is 1.06. The van der Waals surface area contributed by atoms with Crippen molar-refractivity contribution in [1.29, 1.82) is 0 Å². The van der Waals surface area contributed by atoms with Crippen LogP contribution in [0.2, 0.25) is 0 Å². The van der Waals surface area contributed by atoms with Crippen LogP contribution < -0.4 is 5.32 Å². The number of benzene rings is 1. The molecule has 2 aliphatic rings. The van der Waals surface area contributed by atoms with Gasteiger partial charge in [0.2, 0.25) is 5.91 Å². The molecule has 1 aliphatic carbocycles. The molecule has 1 aromatic heterocycles. The number of hydrogen-bond donors (Lipinski definition) is 1. The van der Waals surface area contributed by atoms with Crippen molar-refractivity contribution in [2.75, 3.05) is 13.1 Å². The van der Waals surface area contributed by atoms with Crippen LogP contribution in [0.15, 0.2) is 67.3 Å². The Hall–Kier alpha value is -3.15. The molecule has 2 unspecified atom stereocenters. The van der Waals surface area contributed by atoms with Gasteiger partial charge in [-0.05, 0) is 44.4 Å².